The van der Waals surface area contributed by atoms with E-state index in [-0.39, 0.29) is 11.4 Å². The summed E-state index contributed by atoms with van der Waals surface area (Å²) in [6, 6.07) is 7.41. The molecular formula is C23H24ClN5O2S. The fourth-order valence-electron chi connectivity index (χ4n) is 3.76. The highest BCUT2D eigenvalue weighted by Crippen LogP contribution is 2.33. The molecular weight excluding hydrogens is 446 g/mol. The lowest BCUT2D eigenvalue weighted by Crippen LogP contribution is -2.35. The highest BCUT2D eigenvalue weighted by atomic mass is 35.5. The largest absolute Gasteiger partial charge is 0.495 e. The molecule has 1 aromatic heterocycles. The Labute approximate surface area is 196 Å². The molecule has 0 bridgehead atoms. The number of carbonyl (C=O) groups excluding carboxylic acids is 1. The van der Waals surface area contributed by atoms with Gasteiger partial charge in [0.05, 0.1) is 18.4 Å². The summed E-state index contributed by atoms with van der Waals surface area (Å²) >= 11 is 7.59. The second kappa shape index (κ2) is 8.60. The first kappa shape index (κ1) is 22.4. The van der Waals surface area contributed by atoms with E-state index < -0.39 is 5.91 Å². The van der Waals surface area contributed by atoms with Crippen LogP contribution >= 0.6 is 23.4 Å². The summed E-state index contributed by atoms with van der Waals surface area (Å²) in [5.74, 6) is 0.723. The number of halogens is 1. The number of hydrogen-bond acceptors (Lipinski definition) is 5. The van der Waals surface area contributed by atoms with Crippen LogP contribution in [0.15, 0.2) is 39.9 Å². The van der Waals surface area contributed by atoms with Crippen molar-refractivity contribution < 1.29 is 9.53 Å². The molecule has 7 nitrogen and oxygen atoms in total. The van der Waals surface area contributed by atoms with Gasteiger partial charge < -0.3 is 9.30 Å². The Hall–Kier alpha value is -2.84. The highest BCUT2D eigenvalue weighted by Gasteiger charge is 2.35. The number of thioether (sulfide) groups is 1. The van der Waals surface area contributed by atoms with Crippen LogP contribution in [0.5, 0.6) is 5.75 Å². The van der Waals surface area contributed by atoms with Crippen molar-refractivity contribution in [3.05, 3.63) is 51.8 Å². The molecule has 1 N–H and O–H groups in total. The number of hydrazone groups is 1. The molecule has 0 atom stereocenters. The number of amidine groups is 2. The minimum Gasteiger partial charge on any atom is -0.495 e. The molecule has 0 aliphatic carbocycles. The van der Waals surface area contributed by atoms with E-state index in [2.05, 4.69) is 23.9 Å². The molecule has 1 aromatic carbocycles. The van der Waals surface area contributed by atoms with Gasteiger partial charge in [-0.1, -0.05) is 25.4 Å². The monoisotopic (exact) mass is 469 g/mol. The van der Waals surface area contributed by atoms with Gasteiger partial charge in [-0.15, -0.1) is 0 Å². The second-order valence-corrected chi connectivity index (χ2v) is 9.57. The van der Waals surface area contributed by atoms with Crippen LogP contribution in [0.25, 0.3) is 11.8 Å². The molecule has 0 saturated carbocycles. The molecule has 2 aromatic rings. The van der Waals surface area contributed by atoms with Crippen molar-refractivity contribution in [1.82, 2.24) is 9.58 Å². The Bertz CT molecular complexity index is 1230. The van der Waals surface area contributed by atoms with E-state index in [1.807, 2.05) is 36.6 Å². The van der Waals surface area contributed by atoms with Crippen molar-refractivity contribution in [3.8, 4) is 11.4 Å². The normalized spacial score (nSPS) is 17.2. The molecule has 0 fully saturated rings. The summed E-state index contributed by atoms with van der Waals surface area (Å²) in [5.41, 5.74) is 3.68. The van der Waals surface area contributed by atoms with Gasteiger partial charge in [-0.05, 0) is 67.4 Å². The van der Waals surface area contributed by atoms with Gasteiger partial charge in [0.15, 0.2) is 5.84 Å². The molecule has 32 heavy (non-hydrogen) atoms. The van der Waals surface area contributed by atoms with Gasteiger partial charge in [-0.25, -0.2) is 0 Å². The van der Waals surface area contributed by atoms with Gasteiger partial charge in [0.1, 0.15) is 10.8 Å². The lowest BCUT2D eigenvalue weighted by atomic mass is 10.1. The van der Waals surface area contributed by atoms with Crippen LogP contribution in [0, 0.1) is 25.2 Å². The first-order chi connectivity index (χ1) is 15.2. The summed E-state index contributed by atoms with van der Waals surface area (Å²) in [6.07, 6.45) is 2.49. The summed E-state index contributed by atoms with van der Waals surface area (Å²) in [5, 5.41) is 16.5. The van der Waals surface area contributed by atoms with Crippen LogP contribution in [0.3, 0.4) is 0 Å². The van der Waals surface area contributed by atoms with E-state index in [1.165, 1.54) is 16.8 Å². The molecule has 4 rings (SSSR count). The van der Waals surface area contributed by atoms with Gasteiger partial charge in [-0.3, -0.25) is 10.2 Å². The van der Waals surface area contributed by atoms with Crippen molar-refractivity contribution in [2.45, 2.75) is 34.1 Å². The minimum absolute atomic E-state index is 0.0383. The van der Waals surface area contributed by atoms with Gasteiger partial charge in [-0.2, -0.15) is 15.1 Å². The number of aryl methyl sites for hydroxylation is 1. The molecule has 1 amide bonds. The van der Waals surface area contributed by atoms with Crippen molar-refractivity contribution >= 4 is 51.4 Å². The number of nitrogens with one attached hydrogen (secondary N) is 1. The predicted octanol–water partition coefficient (Wildman–Crippen LogP) is 5.42. The van der Waals surface area contributed by atoms with E-state index >= 15 is 0 Å². The van der Waals surface area contributed by atoms with E-state index in [4.69, 9.17) is 21.7 Å². The Balaban J connectivity index is 1.74. The second-order valence-electron chi connectivity index (χ2n) is 8.09. The minimum atomic E-state index is -0.431. The summed E-state index contributed by atoms with van der Waals surface area (Å²) < 4.78 is 7.54. The zero-order valence-corrected chi connectivity index (χ0v) is 20.1. The first-order valence-electron chi connectivity index (χ1n) is 10.2. The quantitative estimate of drug-likeness (QED) is 0.592. The number of amides is 1. The smallest absolute Gasteiger partial charge is 0.283 e. The number of ether oxygens (including phenoxy) is 1. The number of hydrogen-bond donors (Lipinski definition) is 1. The third-order valence-electron chi connectivity index (χ3n) is 5.23. The van der Waals surface area contributed by atoms with E-state index in [1.54, 1.807) is 19.3 Å². The van der Waals surface area contributed by atoms with Crippen molar-refractivity contribution in [3.63, 3.8) is 0 Å². The molecule has 0 spiro atoms. The summed E-state index contributed by atoms with van der Waals surface area (Å²) in [6.45, 7) is 8.14. The van der Waals surface area contributed by atoms with Crippen LogP contribution in [0.4, 0.5) is 0 Å². The third kappa shape index (κ3) is 4.00. The van der Waals surface area contributed by atoms with Gasteiger partial charge in [0, 0.05) is 22.8 Å². The molecule has 0 saturated heterocycles. The number of carbonyl (C=O) groups is 1. The number of nitrogens with zero attached hydrogens (tertiary/aromatic N) is 4. The third-order valence-corrected chi connectivity index (χ3v) is 6.40. The van der Waals surface area contributed by atoms with Crippen molar-refractivity contribution in [2.24, 2.45) is 16.0 Å². The summed E-state index contributed by atoms with van der Waals surface area (Å²) in [4.78, 5) is 17.0. The zero-order valence-electron chi connectivity index (χ0n) is 18.6. The highest BCUT2D eigenvalue weighted by molar-refractivity contribution is 8.26. The SMILES string of the molecule is COc1ccc(Cl)cc1-n1c(C)cc(/C=C2/C(=N)N3N=C(CC(C)C)SC3=NC2=O)c1C. The van der Waals surface area contributed by atoms with E-state index in [0.717, 1.165) is 34.1 Å². The number of aliphatic imine (C=N–C) groups is 1. The van der Waals surface area contributed by atoms with E-state index in [9.17, 15) is 4.79 Å². The predicted molar refractivity (Wildman–Crippen MR) is 131 cm³/mol. The first-order valence-corrected chi connectivity index (χ1v) is 11.4. The standard InChI is InChI=1S/C23H24ClN5O2S/c1-12(2)8-20-27-29-21(25)17(22(30)26-23(29)32-20)10-15-9-13(3)28(14(15)4)18-11-16(24)6-7-19(18)31-5/h6-7,9-12,25H,8H2,1-5H3/b17-10-,25-21?. The topological polar surface area (TPSA) is 83.0 Å². The fraction of sp³-hybridized carbons (Fsp3) is 0.304. The Morgan fingerprint density at radius 3 is 2.72 bits per heavy atom. The number of rotatable bonds is 5. The molecule has 2 aliphatic rings. The maximum absolute atomic E-state index is 12.8. The maximum Gasteiger partial charge on any atom is 0.283 e. The lowest BCUT2D eigenvalue weighted by molar-refractivity contribution is -0.114. The molecule has 166 valence electrons. The molecule has 0 unspecified atom stereocenters. The van der Waals surface area contributed by atoms with E-state index in [0.29, 0.717) is 21.9 Å². The Kier molecular flexibility index (Phi) is 6.01. The van der Waals surface area contributed by atoms with Crippen LogP contribution in [-0.2, 0) is 4.79 Å². The van der Waals surface area contributed by atoms with Gasteiger partial charge in [0.25, 0.3) is 5.91 Å². The summed E-state index contributed by atoms with van der Waals surface area (Å²) in [7, 11) is 1.61. The molecule has 2 aliphatic heterocycles. The fourth-order valence-corrected chi connectivity index (χ4v) is 5.02. The van der Waals surface area contributed by atoms with Crippen molar-refractivity contribution in [2.75, 3.05) is 7.11 Å². The average Bonchev–Trinajstić information content (AvgIpc) is 3.24. The lowest BCUT2D eigenvalue weighted by Gasteiger charge is -2.20. The van der Waals surface area contributed by atoms with Gasteiger partial charge >= 0.3 is 0 Å². The van der Waals surface area contributed by atoms with Crippen LogP contribution in [0.1, 0.15) is 37.2 Å². The van der Waals surface area contributed by atoms with Gasteiger partial charge in [0.2, 0.25) is 5.17 Å². The molecule has 0 radical (unpaired) electrons. The number of fused-ring (bicyclic) bond motifs is 1. The zero-order chi connectivity index (χ0) is 23.2. The van der Waals surface area contributed by atoms with Crippen LogP contribution in [-0.4, -0.2) is 38.6 Å². The number of benzene rings is 1. The molecule has 3 heterocycles. The van der Waals surface area contributed by atoms with Crippen LogP contribution < -0.4 is 4.74 Å². The maximum atomic E-state index is 12.8. The Morgan fingerprint density at radius 1 is 1.28 bits per heavy atom. The molecule has 9 heteroatoms. The Morgan fingerprint density at radius 2 is 2.03 bits per heavy atom. The van der Waals surface area contributed by atoms with Crippen LogP contribution in [0.2, 0.25) is 5.02 Å². The number of methoxy groups -OCH3 is 1. The number of aromatic nitrogens is 1. The van der Waals surface area contributed by atoms with Crippen molar-refractivity contribution in [1.29, 1.82) is 5.41 Å². The average molecular weight is 470 g/mol.